The first kappa shape index (κ1) is 20.2. The third-order valence-corrected chi connectivity index (χ3v) is 7.23. The van der Waals surface area contributed by atoms with E-state index >= 15 is 0 Å². The summed E-state index contributed by atoms with van der Waals surface area (Å²) >= 11 is 0. The van der Waals surface area contributed by atoms with Crippen LogP contribution < -0.4 is 0 Å². The number of esters is 1. The Labute approximate surface area is 152 Å². The van der Waals surface area contributed by atoms with E-state index in [-0.39, 0.29) is 23.4 Å². The summed E-state index contributed by atoms with van der Waals surface area (Å²) < 4.78 is 5.90. The first-order valence-corrected chi connectivity index (χ1v) is 9.36. The standard InChI is InChI=1S/C21H34O4/c1-8-13(4)19(24)25-18-11-20(6,12(2)3)16-10-15(22)14(5)9-17(23)21(16,18)7/h8-9,12,15-18,22-23H,10-11H2,1-7H3/b13-8-/t15-,16+,17-,18-,20+,21+/m1/s1. The molecule has 0 unspecified atom stereocenters. The lowest BCUT2D eigenvalue weighted by Gasteiger charge is -2.43. The molecule has 0 saturated heterocycles. The van der Waals surface area contributed by atoms with Crippen LogP contribution in [0.2, 0.25) is 0 Å². The van der Waals surface area contributed by atoms with Crippen LogP contribution in [0.1, 0.15) is 61.3 Å². The van der Waals surface area contributed by atoms with Crippen molar-refractivity contribution >= 4 is 5.97 Å². The monoisotopic (exact) mass is 350 g/mol. The average molecular weight is 350 g/mol. The van der Waals surface area contributed by atoms with Crippen LogP contribution >= 0.6 is 0 Å². The third-order valence-electron chi connectivity index (χ3n) is 7.23. The predicted molar refractivity (Wildman–Crippen MR) is 98.9 cm³/mol. The summed E-state index contributed by atoms with van der Waals surface area (Å²) in [5, 5.41) is 21.6. The highest BCUT2D eigenvalue weighted by atomic mass is 16.5. The Balaban J connectivity index is 2.50. The number of hydrogen-bond acceptors (Lipinski definition) is 4. The molecule has 0 radical (unpaired) electrons. The highest BCUT2D eigenvalue weighted by Crippen LogP contribution is 2.62. The lowest BCUT2D eigenvalue weighted by molar-refractivity contribution is -0.154. The molecule has 1 fully saturated rings. The molecule has 1 saturated carbocycles. The topological polar surface area (TPSA) is 66.8 Å². The number of rotatable bonds is 3. The van der Waals surface area contributed by atoms with E-state index in [4.69, 9.17) is 4.74 Å². The number of carbonyl (C=O) groups is 1. The van der Waals surface area contributed by atoms with Gasteiger partial charge in [-0.3, -0.25) is 0 Å². The first-order chi connectivity index (χ1) is 11.5. The van der Waals surface area contributed by atoms with E-state index in [0.29, 0.717) is 24.3 Å². The Kier molecular flexibility index (Phi) is 5.56. The molecule has 0 aromatic heterocycles. The van der Waals surface area contributed by atoms with Gasteiger partial charge in [-0.1, -0.05) is 39.8 Å². The molecule has 2 aliphatic carbocycles. The Morgan fingerprint density at radius 3 is 2.48 bits per heavy atom. The van der Waals surface area contributed by atoms with Crippen LogP contribution in [-0.2, 0) is 9.53 Å². The second kappa shape index (κ2) is 6.88. The van der Waals surface area contributed by atoms with Crippen molar-refractivity contribution in [2.45, 2.75) is 79.6 Å². The van der Waals surface area contributed by atoms with Crippen molar-refractivity contribution in [3.8, 4) is 0 Å². The third kappa shape index (κ3) is 3.19. The van der Waals surface area contributed by atoms with Gasteiger partial charge in [0.15, 0.2) is 0 Å². The van der Waals surface area contributed by atoms with E-state index in [9.17, 15) is 15.0 Å². The Morgan fingerprint density at radius 1 is 1.36 bits per heavy atom. The lowest BCUT2D eigenvalue weighted by atomic mass is 9.62. The zero-order valence-electron chi connectivity index (χ0n) is 16.7. The molecule has 2 rings (SSSR count). The maximum Gasteiger partial charge on any atom is 0.333 e. The number of carbonyl (C=O) groups excluding carboxylic acids is 1. The number of fused-ring (bicyclic) bond motifs is 1. The van der Waals surface area contributed by atoms with Crippen LogP contribution in [0.5, 0.6) is 0 Å². The average Bonchev–Trinajstić information content (AvgIpc) is 2.71. The highest BCUT2D eigenvalue weighted by Gasteiger charge is 2.63. The fraction of sp³-hybridized carbons (Fsp3) is 0.762. The van der Waals surface area contributed by atoms with Gasteiger partial charge in [-0.25, -0.2) is 4.79 Å². The molecular weight excluding hydrogens is 316 g/mol. The van der Waals surface area contributed by atoms with Gasteiger partial charge in [0.1, 0.15) is 6.10 Å². The molecule has 2 N–H and O–H groups in total. The van der Waals surface area contributed by atoms with Gasteiger partial charge in [0, 0.05) is 11.0 Å². The molecular formula is C21H34O4. The Bertz CT molecular complexity index is 591. The smallest absolute Gasteiger partial charge is 0.333 e. The molecule has 0 aromatic rings. The normalized spacial score (nSPS) is 42.0. The molecule has 0 heterocycles. The molecule has 2 aliphatic rings. The summed E-state index contributed by atoms with van der Waals surface area (Å²) in [5.41, 5.74) is 0.642. The minimum Gasteiger partial charge on any atom is -0.458 e. The van der Waals surface area contributed by atoms with Crippen LogP contribution in [0, 0.1) is 22.7 Å². The Morgan fingerprint density at radius 2 is 1.96 bits per heavy atom. The molecule has 4 nitrogen and oxygen atoms in total. The van der Waals surface area contributed by atoms with Crippen molar-refractivity contribution in [2.75, 3.05) is 0 Å². The van der Waals surface area contributed by atoms with Crippen molar-refractivity contribution in [1.82, 2.24) is 0 Å². The highest BCUT2D eigenvalue weighted by molar-refractivity contribution is 5.87. The minimum absolute atomic E-state index is 0.0578. The summed E-state index contributed by atoms with van der Waals surface area (Å²) in [6, 6.07) is 0. The van der Waals surface area contributed by atoms with Crippen LogP contribution in [0.4, 0.5) is 0 Å². The molecule has 142 valence electrons. The van der Waals surface area contributed by atoms with Crippen molar-refractivity contribution in [1.29, 1.82) is 0 Å². The van der Waals surface area contributed by atoms with Crippen LogP contribution in [0.3, 0.4) is 0 Å². The minimum atomic E-state index is -0.751. The lowest BCUT2D eigenvalue weighted by Crippen LogP contribution is -2.46. The number of ether oxygens (including phenoxy) is 1. The zero-order chi connectivity index (χ0) is 19.2. The van der Waals surface area contributed by atoms with Gasteiger partial charge in [-0.05, 0) is 56.4 Å². The molecule has 4 heteroatoms. The Hall–Kier alpha value is -1.13. The first-order valence-electron chi connectivity index (χ1n) is 9.36. The van der Waals surface area contributed by atoms with Gasteiger partial charge in [0.2, 0.25) is 0 Å². The second-order valence-electron chi connectivity index (χ2n) is 8.76. The quantitative estimate of drug-likeness (QED) is 0.463. The predicted octanol–water partition coefficient (Wildman–Crippen LogP) is 3.62. The van der Waals surface area contributed by atoms with E-state index in [0.717, 1.165) is 5.57 Å². The zero-order valence-corrected chi connectivity index (χ0v) is 16.7. The van der Waals surface area contributed by atoms with Crippen LogP contribution in [0.15, 0.2) is 23.3 Å². The number of allylic oxidation sites excluding steroid dienone is 1. The van der Waals surface area contributed by atoms with Crippen LogP contribution in [0.25, 0.3) is 0 Å². The SMILES string of the molecule is C/C=C(/C)C(=O)O[C@@H]1C[C@@](C)(C(C)C)[C@@H]2C[C@@H](O)C(C)=C[C@@H](O)[C@]21C. The molecule has 6 atom stereocenters. The number of hydrogen-bond donors (Lipinski definition) is 2. The van der Waals surface area contributed by atoms with E-state index < -0.39 is 17.6 Å². The summed E-state index contributed by atoms with van der Waals surface area (Å²) in [7, 11) is 0. The summed E-state index contributed by atoms with van der Waals surface area (Å²) in [5.74, 6) is 0.0849. The fourth-order valence-corrected chi connectivity index (χ4v) is 4.71. The van der Waals surface area contributed by atoms with Crippen molar-refractivity contribution in [3.05, 3.63) is 23.3 Å². The molecule has 25 heavy (non-hydrogen) atoms. The van der Waals surface area contributed by atoms with Gasteiger partial charge < -0.3 is 14.9 Å². The maximum atomic E-state index is 12.4. The van der Waals surface area contributed by atoms with Crippen molar-refractivity contribution < 1.29 is 19.7 Å². The maximum absolute atomic E-state index is 12.4. The van der Waals surface area contributed by atoms with Crippen molar-refractivity contribution in [2.24, 2.45) is 22.7 Å². The molecule has 0 amide bonds. The van der Waals surface area contributed by atoms with E-state index in [2.05, 4.69) is 20.8 Å². The summed E-state index contributed by atoms with van der Waals surface area (Å²) in [6.45, 7) is 14.0. The fourth-order valence-electron chi connectivity index (χ4n) is 4.71. The van der Waals surface area contributed by atoms with Gasteiger partial charge in [-0.2, -0.15) is 0 Å². The number of aliphatic hydroxyl groups is 2. The molecule has 0 spiro atoms. The summed E-state index contributed by atoms with van der Waals surface area (Å²) in [4.78, 5) is 12.4. The summed E-state index contributed by atoms with van der Waals surface area (Å²) in [6.07, 6.45) is 3.09. The van der Waals surface area contributed by atoms with Gasteiger partial charge in [-0.15, -0.1) is 0 Å². The molecule has 0 aromatic carbocycles. The van der Waals surface area contributed by atoms with Crippen molar-refractivity contribution in [3.63, 3.8) is 0 Å². The van der Waals surface area contributed by atoms with E-state index in [1.165, 1.54) is 0 Å². The number of aliphatic hydroxyl groups excluding tert-OH is 2. The second-order valence-corrected chi connectivity index (χ2v) is 8.76. The van der Waals surface area contributed by atoms with Gasteiger partial charge >= 0.3 is 5.97 Å². The molecule has 0 bridgehead atoms. The molecule has 0 aliphatic heterocycles. The largest absolute Gasteiger partial charge is 0.458 e. The van der Waals surface area contributed by atoms with Gasteiger partial charge in [0.25, 0.3) is 0 Å². The van der Waals surface area contributed by atoms with E-state index in [1.807, 2.05) is 20.8 Å². The van der Waals surface area contributed by atoms with E-state index in [1.54, 1.807) is 19.1 Å². The van der Waals surface area contributed by atoms with Crippen LogP contribution in [-0.4, -0.2) is 34.5 Å². The van der Waals surface area contributed by atoms with Gasteiger partial charge in [0.05, 0.1) is 12.2 Å².